The molecule has 0 atom stereocenters. The minimum atomic E-state index is -0.251. The number of hydrogen-bond donors (Lipinski definition) is 1. The normalized spacial score (nSPS) is 14.7. The monoisotopic (exact) mass is 395 g/mol. The van der Waals surface area contributed by atoms with Crippen molar-refractivity contribution in [1.29, 1.82) is 0 Å². The first-order chi connectivity index (χ1) is 13.9. The molecule has 0 unspecified atom stereocenters. The molecule has 0 aromatic heterocycles. The molecule has 0 saturated carbocycles. The summed E-state index contributed by atoms with van der Waals surface area (Å²) in [5.74, 6) is 0.874. The number of carbonyl (C=O) groups excluding carboxylic acids is 2. The third kappa shape index (κ3) is 5.57. The molecule has 0 bridgehead atoms. The van der Waals surface area contributed by atoms with Crippen molar-refractivity contribution in [2.45, 2.75) is 13.8 Å². The molecule has 1 saturated heterocycles. The van der Waals surface area contributed by atoms with Gasteiger partial charge in [0.2, 0.25) is 0 Å². The topological polar surface area (TPSA) is 61.9 Å². The number of piperazine rings is 1. The van der Waals surface area contributed by atoms with Gasteiger partial charge in [0.1, 0.15) is 5.75 Å². The molecular formula is C23H29N3O3. The van der Waals surface area contributed by atoms with Crippen LogP contribution in [0.1, 0.15) is 34.6 Å². The van der Waals surface area contributed by atoms with Gasteiger partial charge in [0.15, 0.2) is 0 Å². The van der Waals surface area contributed by atoms with Crippen molar-refractivity contribution >= 4 is 17.5 Å². The molecule has 154 valence electrons. The second kappa shape index (κ2) is 9.56. The van der Waals surface area contributed by atoms with E-state index >= 15 is 0 Å². The van der Waals surface area contributed by atoms with Gasteiger partial charge in [-0.05, 0) is 49.4 Å². The molecule has 1 N–H and O–H groups in total. The van der Waals surface area contributed by atoms with Crippen LogP contribution in [0.4, 0.5) is 5.69 Å². The van der Waals surface area contributed by atoms with E-state index in [9.17, 15) is 9.59 Å². The maximum Gasteiger partial charge on any atom is 0.256 e. The van der Waals surface area contributed by atoms with Crippen LogP contribution in [0.5, 0.6) is 5.75 Å². The molecule has 3 rings (SSSR count). The Morgan fingerprint density at radius 2 is 1.66 bits per heavy atom. The van der Waals surface area contributed by atoms with Crippen LogP contribution in [0.15, 0.2) is 48.5 Å². The van der Waals surface area contributed by atoms with E-state index in [4.69, 9.17) is 4.74 Å². The van der Waals surface area contributed by atoms with Crippen molar-refractivity contribution in [1.82, 2.24) is 9.80 Å². The zero-order valence-electron chi connectivity index (χ0n) is 17.4. The lowest BCUT2D eigenvalue weighted by atomic mass is 10.1. The number of carbonyl (C=O) groups is 2. The summed E-state index contributed by atoms with van der Waals surface area (Å²) < 4.78 is 5.66. The maximum absolute atomic E-state index is 13.0. The van der Waals surface area contributed by atoms with Crippen LogP contribution in [0.25, 0.3) is 0 Å². The van der Waals surface area contributed by atoms with Gasteiger partial charge in [0, 0.05) is 31.7 Å². The number of ether oxygens (including phenoxy) is 1. The fourth-order valence-electron chi connectivity index (χ4n) is 3.12. The number of nitrogens with one attached hydrogen (secondary N) is 1. The molecule has 2 aromatic rings. The molecule has 0 radical (unpaired) electrons. The second-order valence-corrected chi connectivity index (χ2v) is 7.82. The van der Waals surface area contributed by atoms with Crippen LogP contribution in [-0.4, -0.2) is 61.4 Å². The summed E-state index contributed by atoms with van der Waals surface area (Å²) in [6, 6.07) is 14.2. The fourth-order valence-corrected chi connectivity index (χ4v) is 3.12. The Morgan fingerprint density at radius 1 is 1.00 bits per heavy atom. The van der Waals surface area contributed by atoms with E-state index in [1.54, 1.807) is 36.4 Å². The summed E-state index contributed by atoms with van der Waals surface area (Å²) >= 11 is 0. The molecule has 1 aliphatic rings. The van der Waals surface area contributed by atoms with Gasteiger partial charge in [-0.2, -0.15) is 0 Å². The minimum absolute atomic E-state index is 0.0496. The zero-order valence-corrected chi connectivity index (χ0v) is 17.4. The average Bonchev–Trinajstić information content (AvgIpc) is 2.73. The quantitative estimate of drug-likeness (QED) is 0.815. The van der Waals surface area contributed by atoms with E-state index in [1.807, 2.05) is 17.0 Å². The predicted octanol–water partition coefficient (Wildman–Crippen LogP) is 3.36. The molecule has 6 nitrogen and oxygen atoms in total. The van der Waals surface area contributed by atoms with Crippen LogP contribution in [0, 0.1) is 5.92 Å². The molecular weight excluding hydrogens is 366 g/mol. The standard InChI is InChI=1S/C23H29N3O3/c1-17(2)16-29-19-10-8-18(9-11-19)22(27)24-21-7-5-4-6-20(21)23(28)26-14-12-25(3)13-15-26/h4-11,17H,12-16H2,1-3H3,(H,24,27). The van der Waals surface area contributed by atoms with E-state index in [2.05, 4.69) is 31.1 Å². The fraction of sp³-hybridized carbons (Fsp3) is 0.391. The molecule has 29 heavy (non-hydrogen) atoms. The number of nitrogens with zero attached hydrogens (tertiary/aromatic N) is 2. The molecule has 1 heterocycles. The first kappa shape index (κ1) is 20.9. The highest BCUT2D eigenvalue weighted by molar-refractivity contribution is 6.09. The number of benzene rings is 2. The Hall–Kier alpha value is -2.86. The summed E-state index contributed by atoms with van der Waals surface area (Å²) in [6.07, 6.45) is 0. The van der Waals surface area contributed by atoms with E-state index in [0.29, 0.717) is 42.4 Å². The van der Waals surface area contributed by atoms with Crippen molar-refractivity contribution in [3.05, 3.63) is 59.7 Å². The third-order valence-corrected chi connectivity index (χ3v) is 4.90. The largest absolute Gasteiger partial charge is 0.493 e. The lowest BCUT2D eigenvalue weighted by Crippen LogP contribution is -2.47. The van der Waals surface area contributed by atoms with Crippen LogP contribution >= 0.6 is 0 Å². The summed E-state index contributed by atoms with van der Waals surface area (Å²) in [6.45, 7) is 7.89. The zero-order chi connectivity index (χ0) is 20.8. The first-order valence-corrected chi connectivity index (χ1v) is 10.0. The van der Waals surface area contributed by atoms with Crippen molar-refractivity contribution in [3.8, 4) is 5.75 Å². The van der Waals surface area contributed by atoms with Gasteiger partial charge in [0.25, 0.3) is 11.8 Å². The van der Waals surface area contributed by atoms with Crippen molar-refractivity contribution in [2.24, 2.45) is 5.92 Å². The number of likely N-dealkylation sites (N-methyl/N-ethyl adjacent to an activating group) is 1. The third-order valence-electron chi connectivity index (χ3n) is 4.90. The lowest BCUT2D eigenvalue weighted by Gasteiger charge is -2.32. The molecule has 0 aliphatic carbocycles. The minimum Gasteiger partial charge on any atom is -0.493 e. The van der Waals surface area contributed by atoms with Gasteiger partial charge in [0.05, 0.1) is 17.9 Å². The average molecular weight is 396 g/mol. The molecule has 0 spiro atoms. The first-order valence-electron chi connectivity index (χ1n) is 10.0. The summed E-state index contributed by atoms with van der Waals surface area (Å²) in [5, 5.41) is 2.89. The lowest BCUT2D eigenvalue weighted by molar-refractivity contribution is 0.0665. The summed E-state index contributed by atoms with van der Waals surface area (Å²) in [7, 11) is 2.05. The van der Waals surface area contributed by atoms with Crippen LogP contribution in [0.2, 0.25) is 0 Å². The van der Waals surface area contributed by atoms with E-state index in [-0.39, 0.29) is 11.8 Å². The van der Waals surface area contributed by atoms with E-state index < -0.39 is 0 Å². The summed E-state index contributed by atoms with van der Waals surface area (Å²) in [5.41, 5.74) is 1.56. The highest BCUT2D eigenvalue weighted by atomic mass is 16.5. The Kier molecular flexibility index (Phi) is 6.88. The molecule has 1 fully saturated rings. The van der Waals surface area contributed by atoms with Gasteiger partial charge < -0.3 is 19.9 Å². The Labute approximate surface area is 172 Å². The summed E-state index contributed by atoms with van der Waals surface area (Å²) in [4.78, 5) is 29.7. The predicted molar refractivity (Wildman–Crippen MR) is 115 cm³/mol. The number of rotatable bonds is 6. The number of amides is 2. The van der Waals surface area contributed by atoms with Crippen molar-refractivity contribution in [2.75, 3.05) is 45.2 Å². The van der Waals surface area contributed by atoms with E-state index in [1.165, 1.54) is 0 Å². The number of hydrogen-bond acceptors (Lipinski definition) is 4. The van der Waals surface area contributed by atoms with Crippen LogP contribution in [-0.2, 0) is 0 Å². The van der Waals surface area contributed by atoms with Gasteiger partial charge in [-0.15, -0.1) is 0 Å². The molecule has 6 heteroatoms. The Balaban J connectivity index is 1.68. The SMILES string of the molecule is CC(C)COc1ccc(C(=O)Nc2ccccc2C(=O)N2CCN(C)CC2)cc1. The van der Waals surface area contributed by atoms with Gasteiger partial charge in [-0.25, -0.2) is 0 Å². The second-order valence-electron chi connectivity index (χ2n) is 7.82. The maximum atomic E-state index is 13.0. The highest BCUT2D eigenvalue weighted by Gasteiger charge is 2.23. The van der Waals surface area contributed by atoms with Gasteiger partial charge in [-0.3, -0.25) is 9.59 Å². The Morgan fingerprint density at radius 3 is 2.31 bits per heavy atom. The van der Waals surface area contributed by atoms with Crippen LogP contribution in [0.3, 0.4) is 0 Å². The molecule has 2 aromatic carbocycles. The van der Waals surface area contributed by atoms with Crippen molar-refractivity contribution in [3.63, 3.8) is 0 Å². The van der Waals surface area contributed by atoms with Gasteiger partial charge >= 0.3 is 0 Å². The molecule has 1 aliphatic heterocycles. The van der Waals surface area contributed by atoms with Crippen LogP contribution < -0.4 is 10.1 Å². The Bertz CT molecular complexity index is 841. The molecule has 2 amide bonds. The number of anilines is 1. The van der Waals surface area contributed by atoms with Gasteiger partial charge in [-0.1, -0.05) is 26.0 Å². The number of para-hydroxylation sites is 1. The smallest absolute Gasteiger partial charge is 0.256 e. The highest BCUT2D eigenvalue weighted by Crippen LogP contribution is 2.20. The van der Waals surface area contributed by atoms with Crippen molar-refractivity contribution < 1.29 is 14.3 Å². The van der Waals surface area contributed by atoms with E-state index in [0.717, 1.165) is 18.8 Å².